The molecule has 230 valence electrons. The van der Waals surface area contributed by atoms with Gasteiger partial charge >= 0.3 is 18.4 Å². The number of rotatable bonds is 6. The lowest BCUT2D eigenvalue weighted by atomic mass is 10.1. The highest BCUT2D eigenvalue weighted by Gasteiger charge is 2.37. The minimum absolute atomic E-state index is 0.0420. The van der Waals surface area contributed by atoms with Crippen molar-refractivity contribution in [2.45, 2.75) is 84.2 Å². The number of hydrogen-bond donors (Lipinski definition) is 1. The lowest BCUT2D eigenvalue weighted by molar-refractivity contribution is -0.138. The van der Waals surface area contributed by atoms with Gasteiger partial charge < -0.3 is 23.6 Å². The number of nitrogens with one attached hydrogen (secondary N) is 1. The third-order valence-electron chi connectivity index (χ3n) is 5.58. The van der Waals surface area contributed by atoms with Gasteiger partial charge in [0.25, 0.3) is 0 Å². The summed E-state index contributed by atoms with van der Waals surface area (Å²) in [5.74, 6) is -0.493. The molecule has 3 rings (SSSR count). The molecule has 2 amide bonds. The lowest BCUT2D eigenvalue weighted by Crippen LogP contribution is -2.46. The number of aromatic nitrogens is 2. The molecule has 1 aromatic carbocycles. The molecule has 42 heavy (non-hydrogen) atoms. The lowest BCUT2D eigenvalue weighted by Gasteiger charge is -2.27. The Kier molecular flexibility index (Phi) is 9.90. The monoisotopic (exact) mass is 595 g/mol. The number of carbonyl (C=O) groups excluding carboxylic acids is 2. The summed E-state index contributed by atoms with van der Waals surface area (Å²) in [7, 11) is 0. The molecular formula is C28H36F3N5O6. The van der Waals surface area contributed by atoms with Crippen molar-refractivity contribution in [2.75, 3.05) is 13.2 Å². The second kappa shape index (κ2) is 12.8. The first kappa shape index (κ1) is 32.4. The number of guanidine groups is 1. The SMILES string of the molecule is C=CCCOc1ccc(-c2noc(C3CCCN3C(=NC(=O)OC(C)(C)C)NC(=O)OC(C)(C)C)n2)cc1C(F)(F)F. The highest BCUT2D eigenvalue weighted by molar-refractivity contribution is 5.99. The van der Waals surface area contributed by atoms with E-state index in [-0.39, 0.29) is 35.6 Å². The van der Waals surface area contributed by atoms with Crippen LogP contribution in [0.15, 0.2) is 40.4 Å². The van der Waals surface area contributed by atoms with Crippen LogP contribution in [0.1, 0.15) is 78.3 Å². The van der Waals surface area contributed by atoms with Gasteiger partial charge in [-0.1, -0.05) is 11.2 Å². The number of alkyl carbamates (subject to hydrolysis) is 1. The van der Waals surface area contributed by atoms with Crippen LogP contribution in [0.2, 0.25) is 0 Å². The fraction of sp³-hybridized carbons (Fsp3) is 0.536. The number of ether oxygens (including phenoxy) is 3. The number of benzene rings is 1. The first-order chi connectivity index (χ1) is 19.5. The number of alkyl halides is 3. The molecule has 1 aliphatic heterocycles. The van der Waals surface area contributed by atoms with Crippen molar-refractivity contribution in [1.82, 2.24) is 20.4 Å². The van der Waals surface area contributed by atoms with Crippen LogP contribution in [0.3, 0.4) is 0 Å². The van der Waals surface area contributed by atoms with Crippen LogP contribution in [0, 0.1) is 0 Å². The van der Waals surface area contributed by atoms with E-state index in [4.69, 9.17) is 18.7 Å². The third kappa shape index (κ3) is 9.21. The van der Waals surface area contributed by atoms with Gasteiger partial charge in [0.1, 0.15) is 23.0 Å². The molecule has 1 N–H and O–H groups in total. The van der Waals surface area contributed by atoms with Crippen molar-refractivity contribution < 1.29 is 41.5 Å². The van der Waals surface area contributed by atoms with E-state index in [2.05, 4.69) is 27.0 Å². The minimum Gasteiger partial charge on any atom is -0.493 e. The quantitative estimate of drug-likeness (QED) is 0.169. The first-order valence-corrected chi connectivity index (χ1v) is 13.3. The van der Waals surface area contributed by atoms with Crippen molar-refractivity contribution in [3.05, 3.63) is 42.3 Å². The number of halogens is 3. The number of aliphatic imine (C=N–C) groups is 1. The first-order valence-electron chi connectivity index (χ1n) is 13.3. The second-order valence-electron chi connectivity index (χ2n) is 11.5. The van der Waals surface area contributed by atoms with Gasteiger partial charge in [0.2, 0.25) is 17.7 Å². The predicted molar refractivity (Wildman–Crippen MR) is 147 cm³/mol. The molecule has 0 saturated carbocycles. The molecule has 1 unspecified atom stereocenters. The predicted octanol–water partition coefficient (Wildman–Crippen LogP) is 6.66. The zero-order chi connectivity index (χ0) is 31.3. The van der Waals surface area contributed by atoms with Gasteiger partial charge in [-0.2, -0.15) is 18.2 Å². The molecule has 0 bridgehead atoms. The Labute approximate surface area is 242 Å². The number of likely N-dealkylation sites (tertiary alicyclic amines) is 1. The van der Waals surface area contributed by atoms with E-state index < -0.39 is 41.2 Å². The molecular weight excluding hydrogens is 559 g/mol. The van der Waals surface area contributed by atoms with Crippen LogP contribution in [-0.2, 0) is 15.7 Å². The van der Waals surface area contributed by atoms with Crippen LogP contribution >= 0.6 is 0 Å². The number of hydrogen-bond acceptors (Lipinski definition) is 8. The molecule has 1 aromatic heterocycles. The van der Waals surface area contributed by atoms with Crippen LogP contribution in [-0.4, -0.2) is 57.5 Å². The molecule has 1 atom stereocenters. The Morgan fingerprint density at radius 2 is 1.86 bits per heavy atom. The maximum atomic E-state index is 13.8. The zero-order valence-corrected chi connectivity index (χ0v) is 24.5. The maximum absolute atomic E-state index is 13.8. The van der Waals surface area contributed by atoms with Crippen LogP contribution in [0.4, 0.5) is 22.8 Å². The maximum Gasteiger partial charge on any atom is 0.437 e. The highest BCUT2D eigenvalue weighted by atomic mass is 19.4. The van der Waals surface area contributed by atoms with Gasteiger partial charge in [-0.3, -0.25) is 5.32 Å². The summed E-state index contributed by atoms with van der Waals surface area (Å²) in [6.07, 6.45) is -3.49. The number of amides is 2. The van der Waals surface area contributed by atoms with Gasteiger partial charge in [-0.05, 0) is 79.0 Å². The van der Waals surface area contributed by atoms with E-state index >= 15 is 0 Å². The van der Waals surface area contributed by atoms with Gasteiger partial charge in [-0.15, -0.1) is 11.6 Å². The van der Waals surface area contributed by atoms with Crippen molar-refractivity contribution in [3.8, 4) is 17.1 Å². The number of carbonyl (C=O) groups is 2. The molecule has 0 aliphatic carbocycles. The Morgan fingerprint density at radius 1 is 1.17 bits per heavy atom. The van der Waals surface area contributed by atoms with E-state index in [1.165, 1.54) is 12.1 Å². The molecule has 1 fully saturated rings. The summed E-state index contributed by atoms with van der Waals surface area (Å²) >= 11 is 0. The largest absolute Gasteiger partial charge is 0.493 e. The summed E-state index contributed by atoms with van der Waals surface area (Å²) in [6, 6.07) is 2.85. The van der Waals surface area contributed by atoms with Gasteiger partial charge in [0.15, 0.2) is 0 Å². The van der Waals surface area contributed by atoms with Gasteiger partial charge in [0.05, 0.1) is 12.2 Å². The molecule has 0 radical (unpaired) electrons. The van der Waals surface area contributed by atoms with Crippen LogP contribution in [0.25, 0.3) is 11.4 Å². The Balaban J connectivity index is 1.92. The molecule has 2 heterocycles. The summed E-state index contributed by atoms with van der Waals surface area (Å²) in [6.45, 7) is 14.0. The molecule has 0 spiro atoms. The molecule has 14 heteroatoms. The fourth-order valence-electron chi connectivity index (χ4n) is 3.96. The smallest absolute Gasteiger partial charge is 0.437 e. The molecule has 2 aromatic rings. The molecule has 1 aliphatic rings. The standard InChI is InChI=1S/C28H36F3N5O6/c1-8-9-15-39-20-13-12-17(16-18(20)28(29,30)31)21-32-22(42-35-21)19-11-10-14-36(19)23(33-24(37)40-26(2,3)4)34-25(38)41-27(5,6)7/h8,12-13,16,19H,1,9-11,14-15H2,2-7H3,(H,33,34,37,38). The van der Waals surface area contributed by atoms with Gasteiger partial charge in [0, 0.05) is 12.1 Å². The van der Waals surface area contributed by atoms with E-state index in [0.29, 0.717) is 25.8 Å². The van der Waals surface area contributed by atoms with E-state index in [1.807, 2.05) is 0 Å². The topological polar surface area (TPSA) is 128 Å². The minimum atomic E-state index is -4.69. The molecule has 1 saturated heterocycles. The average Bonchev–Trinajstić information content (AvgIpc) is 3.51. The summed E-state index contributed by atoms with van der Waals surface area (Å²) in [5.41, 5.74) is -2.59. The van der Waals surface area contributed by atoms with Crippen molar-refractivity contribution >= 4 is 18.1 Å². The van der Waals surface area contributed by atoms with Gasteiger partial charge in [-0.25, -0.2) is 9.59 Å². The van der Waals surface area contributed by atoms with Crippen LogP contribution < -0.4 is 10.1 Å². The fourth-order valence-corrected chi connectivity index (χ4v) is 3.96. The summed E-state index contributed by atoms with van der Waals surface area (Å²) in [5, 5.41) is 6.39. The van der Waals surface area contributed by atoms with E-state index in [1.54, 1.807) is 52.5 Å². The van der Waals surface area contributed by atoms with Crippen LogP contribution in [0.5, 0.6) is 5.75 Å². The van der Waals surface area contributed by atoms with Crippen molar-refractivity contribution in [1.29, 1.82) is 0 Å². The van der Waals surface area contributed by atoms with Crippen molar-refractivity contribution in [3.63, 3.8) is 0 Å². The van der Waals surface area contributed by atoms with E-state index in [0.717, 1.165) is 6.07 Å². The van der Waals surface area contributed by atoms with E-state index in [9.17, 15) is 22.8 Å². The summed E-state index contributed by atoms with van der Waals surface area (Å²) in [4.78, 5) is 35.0. The normalized spacial score (nSPS) is 16.3. The average molecular weight is 596 g/mol. The third-order valence-corrected chi connectivity index (χ3v) is 5.58. The zero-order valence-electron chi connectivity index (χ0n) is 24.5. The summed E-state index contributed by atoms with van der Waals surface area (Å²) < 4.78 is 62.7. The highest BCUT2D eigenvalue weighted by Crippen LogP contribution is 2.39. The number of nitrogens with zero attached hydrogens (tertiary/aromatic N) is 4. The molecule has 11 nitrogen and oxygen atoms in total. The Morgan fingerprint density at radius 3 is 2.48 bits per heavy atom. The second-order valence-corrected chi connectivity index (χ2v) is 11.5. The van der Waals surface area contributed by atoms with Crippen molar-refractivity contribution in [2.24, 2.45) is 4.99 Å². The Bertz CT molecular complexity index is 1310. The Hall–Kier alpha value is -4.10.